The summed E-state index contributed by atoms with van der Waals surface area (Å²) in [6.45, 7) is 6.44. The van der Waals surface area contributed by atoms with Crippen molar-refractivity contribution >= 4 is 6.03 Å². The van der Waals surface area contributed by atoms with E-state index in [2.05, 4.69) is 11.9 Å². The van der Waals surface area contributed by atoms with E-state index in [0.717, 1.165) is 37.1 Å². The lowest BCUT2D eigenvalue weighted by Gasteiger charge is -2.38. The molecule has 5 nitrogen and oxygen atoms in total. The number of carbonyl (C=O) groups excluding carboxylic acids is 1. The first-order chi connectivity index (χ1) is 15.3. The van der Waals surface area contributed by atoms with Crippen LogP contribution in [0, 0.1) is 11.6 Å². The number of hydrogen-bond acceptors (Lipinski definition) is 3. The lowest BCUT2D eigenvalue weighted by atomic mass is 10.0. The van der Waals surface area contributed by atoms with Gasteiger partial charge in [0.15, 0.2) is 0 Å². The SMILES string of the molecule is CC(C)Oc1ccc(CN2Cc3ccc(F)cc3CN(C3CCN(C)CC3)C2=O)c(F)c1. The molecule has 32 heavy (non-hydrogen) atoms. The Kier molecular flexibility index (Phi) is 6.65. The smallest absolute Gasteiger partial charge is 0.321 e. The molecule has 1 saturated heterocycles. The van der Waals surface area contributed by atoms with Gasteiger partial charge >= 0.3 is 6.03 Å². The maximum atomic E-state index is 14.8. The van der Waals surface area contributed by atoms with Crippen LogP contribution < -0.4 is 4.74 Å². The van der Waals surface area contributed by atoms with Gasteiger partial charge in [0.1, 0.15) is 17.4 Å². The summed E-state index contributed by atoms with van der Waals surface area (Å²) in [5.41, 5.74) is 2.15. The highest BCUT2D eigenvalue weighted by molar-refractivity contribution is 5.76. The molecular weight excluding hydrogens is 412 g/mol. The number of hydrogen-bond donors (Lipinski definition) is 0. The number of halogens is 2. The van der Waals surface area contributed by atoms with Crippen molar-refractivity contribution in [2.45, 2.75) is 58.5 Å². The number of nitrogens with zero attached hydrogens (tertiary/aromatic N) is 3. The highest BCUT2D eigenvalue weighted by Crippen LogP contribution is 2.28. The Labute approximate surface area is 188 Å². The van der Waals surface area contributed by atoms with Crippen molar-refractivity contribution in [3.05, 3.63) is 64.7 Å². The molecule has 2 aromatic carbocycles. The molecule has 0 saturated carbocycles. The van der Waals surface area contributed by atoms with Gasteiger partial charge in [0.2, 0.25) is 0 Å². The number of amides is 2. The number of benzene rings is 2. The summed E-state index contributed by atoms with van der Waals surface area (Å²) in [7, 11) is 2.08. The van der Waals surface area contributed by atoms with Crippen LogP contribution in [0.4, 0.5) is 13.6 Å². The Hall–Kier alpha value is -2.67. The zero-order chi connectivity index (χ0) is 22.8. The quantitative estimate of drug-likeness (QED) is 0.667. The maximum Gasteiger partial charge on any atom is 0.321 e. The third-order valence-corrected chi connectivity index (χ3v) is 6.27. The van der Waals surface area contributed by atoms with Gasteiger partial charge in [-0.05, 0) is 76.2 Å². The van der Waals surface area contributed by atoms with E-state index in [0.29, 0.717) is 24.4 Å². The van der Waals surface area contributed by atoms with Crippen molar-refractivity contribution in [1.29, 1.82) is 0 Å². The average Bonchev–Trinajstić information content (AvgIpc) is 2.87. The van der Waals surface area contributed by atoms with Crippen LogP contribution in [-0.4, -0.2) is 53.0 Å². The molecule has 0 unspecified atom stereocenters. The Bertz CT molecular complexity index is 974. The van der Waals surface area contributed by atoms with E-state index in [-0.39, 0.29) is 30.5 Å². The number of piperidine rings is 1. The molecule has 1 fully saturated rings. The molecule has 0 atom stereocenters. The van der Waals surface area contributed by atoms with Crippen molar-refractivity contribution in [3.63, 3.8) is 0 Å². The van der Waals surface area contributed by atoms with Crippen LogP contribution in [0.1, 0.15) is 43.4 Å². The average molecular weight is 444 g/mol. The van der Waals surface area contributed by atoms with Gasteiger partial charge in [-0.15, -0.1) is 0 Å². The largest absolute Gasteiger partial charge is 0.491 e. The molecule has 2 amide bonds. The van der Waals surface area contributed by atoms with Crippen LogP contribution in [0.3, 0.4) is 0 Å². The van der Waals surface area contributed by atoms with Gasteiger partial charge in [0, 0.05) is 30.8 Å². The summed E-state index contributed by atoms with van der Waals surface area (Å²) in [6, 6.07) is 9.42. The Morgan fingerprint density at radius 2 is 1.78 bits per heavy atom. The van der Waals surface area contributed by atoms with Crippen molar-refractivity contribution in [1.82, 2.24) is 14.7 Å². The summed E-state index contributed by atoms with van der Waals surface area (Å²) in [4.78, 5) is 19.4. The summed E-state index contributed by atoms with van der Waals surface area (Å²) in [6.07, 6.45) is 1.69. The second-order valence-electron chi connectivity index (χ2n) is 9.13. The summed E-state index contributed by atoms with van der Waals surface area (Å²) < 4.78 is 34.4. The molecule has 0 N–H and O–H groups in total. The molecule has 2 heterocycles. The van der Waals surface area contributed by atoms with Crippen LogP contribution in [0.2, 0.25) is 0 Å². The van der Waals surface area contributed by atoms with E-state index in [4.69, 9.17) is 4.74 Å². The Morgan fingerprint density at radius 1 is 1.03 bits per heavy atom. The minimum Gasteiger partial charge on any atom is -0.491 e. The number of ether oxygens (including phenoxy) is 1. The second kappa shape index (κ2) is 9.45. The fraction of sp³-hybridized carbons (Fsp3) is 0.480. The number of urea groups is 1. The van der Waals surface area contributed by atoms with Gasteiger partial charge in [0.05, 0.1) is 12.6 Å². The monoisotopic (exact) mass is 443 g/mol. The van der Waals surface area contributed by atoms with Gasteiger partial charge in [-0.25, -0.2) is 13.6 Å². The molecule has 0 radical (unpaired) electrons. The van der Waals surface area contributed by atoms with Gasteiger partial charge in [-0.3, -0.25) is 0 Å². The predicted molar refractivity (Wildman–Crippen MR) is 119 cm³/mol. The summed E-state index contributed by atoms with van der Waals surface area (Å²) in [5, 5.41) is 0. The van der Waals surface area contributed by atoms with E-state index in [1.165, 1.54) is 18.2 Å². The molecule has 0 spiro atoms. The highest BCUT2D eigenvalue weighted by atomic mass is 19.1. The second-order valence-corrected chi connectivity index (χ2v) is 9.13. The van der Waals surface area contributed by atoms with E-state index in [9.17, 15) is 13.6 Å². The molecule has 2 aromatic rings. The van der Waals surface area contributed by atoms with E-state index in [1.54, 1.807) is 23.1 Å². The number of carbonyl (C=O) groups is 1. The van der Waals surface area contributed by atoms with Crippen molar-refractivity contribution < 1.29 is 18.3 Å². The number of likely N-dealkylation sites (tertiary alicyclic amines) is 1. The molecular formula is C25H31F2N3O2. The molecule has 4 rings (SSSR count). The Morgan fingerprint density at radius 3 is 2.47 bits per heavy atom. The lowest BCUT2D eigenvalue weighted by molar-refractivity contribution is 0.101. The lowest BCUT2D eigenvalue weighted by Crippen LogP contribution is -2.49. The first-order valence-corrected chi connectivity index (χ1v) is 11.3. The van der Waals surface area contributed by atoms with E-state index < -0.39 is 5.82 Å². The van der Waals surface area contributed by atoms with Crippen molar-refractivity contribution in [2.75, 3.05) is 20.1 Å². The third-order valence-electron chi connectivity index (χ3n) is 6.27. The standard InChI is InChI=1S/C25H31F2N3O2/c1-17(2)32-23-7-5-19(24(27)13-23)15-29-14-18-4-6-21(26)12-20(18)16-30(25(29)31)22-8-10-28(3)11-9-22/h4-7,12-13,17,22H,8-11,14-16H2,1-3H3. The summed E-state index contributed by atoms with van der Waals surface area (Å²) in [5.74, 6) is -0.234. The van der Waals surface area contributed by atoms with Crippen LogP contribution in [0.5, 0.6) is 5.75 Å². The zero-order valence-electron chi connectivity index (χ0n) is 19.0. The van der Waals surface area contributed by atoms with Crippen LogP contribution in [-0.2, 0) is 19.6 Å². The fourth-order valence-corrected chi connectivity index (χ4v) is 4.52. The predicted octanol–water partition coefficient (Wildman–Crippen LogP) is 4.78. The van der Waals surface area contributed by atoms with Crippen LogP contribution >= 0.6 is 0 Å². The molecule has 172 valence electrons. The molecule has 0 aliphatic carbocycles. The minimum atomic E-state index is -0.398. The van der Waals surface area contributed by atoms with E-state index >= 15 is 0 Å². The first kappa shape index (κ1) is 22.5. The van der Waals surface area contributed by atoms with E-state index in [1.807, 2.05) is 18.7 Å². The minimum absolute atomic E-state index is 0.0487. The molecule has 7 heteroatoms. The number of fused-ring (bicyclic) bond motifs is 1. The van der Waals surface area contributed by atoms with Crippen LogP contribution in [0.25, 0.3) is 0 Å². The molecule has 0 bridgehead atoms. The summed E-state index contributed by atoms with van der Waals surface area (Å²) >= 11 is 0. The van der Waals surface area contributed by atoms with Crippen molar-refractivity contribution in [3.8, 4) is 5.75 Å². The topological polar surface area (TPSA) is 36.0 Å². The van der Waals surface area contributed by atoms with Crippen LogP contribution in [0.15, 0.2) is 36.4 Å². The van der Waals surface area contributed by atoms with Gasteiger partial charge in [0.25, 0.3) is 0 Å². The maximum absolute atomic E-state index is 14.8. The highest BCUT2D eigenvalue weighted by Gasteiger charge is 2.33. The first-order valence-electron chi connectivity index (χ1n) is 11.3. The number of rotatable bonds is 5. The molecule has 0 aromatic heterocycles. The Balaban J connectivity index is 1.61. The van der Waals surface area contributed by atoms with Gasteiger partial charge < -0.3 is 19.4 Å². The normalized spacial score (nSPS) is 18.1. The van der Waals surface area contributed by atoms with Crippen molar-refractivity contribution in [2.24, 2.45) is 0 Å². The zero-order valence-corrected chi connectivity index (χ0v) is 19.0. The third kappa shape index (κ3) is 5.04. The molecule has 2 aliphatic heterocycles. The molecule has 2 aliphatic rings. The fourth-order valence-electron chi connectivity index (χ4n) is 4.52. The van der Waals surface area contributed by atoms with Gasteiger partial charge in [-0.2, -0.15) is 0 Å². The van der Waals surface area contributed by atoms with Gasteiger partial charge in [-0.1, -0.05) is 12.1 Å².